The molecule has 0 amide bonds. The molecule has 20 heavy (non-hydrogen) atoms. The Morgan fingerprint density at radius 3 is 2.35 bits per heavy atom. The summed E-state index contributed by atoms with van der Waals surface area (Å²) in [6.07, 6.45) is 1.16. The number of thioether (sulfide) groups is 1. The maximum Gasteiger partial charge on any atom is 0.246 e. The highest BCUT2D eigenvalue weighted by Gasteiger charge is 2.56. The minimum Gasteiger partial charge on any atom is -0.337 e. The van der Waals surface area contributed by atoms with Crippen molar-refractivity contribution in [2.24, 2.45) is 11.3 Å². The van der Waals surface area contributed by atoms with E-state index >= 15 is 0 Å². The smallest absolute Gasteiger partial charge is 0.246 e. The molecule has 1 aromatic rings. The first kappa shape index (κ1) is 14.9. The van der Waals surface area contributed by atoms with Crippen LogP contribution in [0.15, 0.2) is 28.7 Å². The van der Waals surface area contributed by atoms with E-state index in [1.165, 1.54) is 0 Å². The van der Waals surface area contributed by atoms with Gasteiger partial charge in [0, 0.05) is 20.7 Å². The lowest BCUT2D eigenvalue weighted by molar-refractivity contribution is -0.274. The Labute approximate surface area is 133 Å². The van der Waals surface area contributed by atoms with Crippen LogP contribution in [0.1, 0.15) is 32.8 Å². The van der Waals surface area contributed by atoms with Gasteiger partial charge in [-0.05, 0) is 24.5 Å². The molecule has 0 aliphatic carbocycles. The van der Waals surface area contributed by atoms with Gasteiger partial charge in [0.2, 0.25) is 5.12 Å². The van der Waals surface area contributed by atoms with Gasteiger partial charge >= 0.3 is 0 Å². The first-order valence-corrected chi connectivity index (χ1v) is 8.85. The van der Waals surface area contributed by atoms with E-state index in [0.29, 0.717) is 11.2 Å². The Hall–Kier alpha value is -0.0300. The summed E-state index contributed by atoms with van der Waals surface area (Å²) >= 11 is 5.30. The van der Waals surface area contributed by atoms with E-state index in [2.05, 4.69) is 48.8 Å². The highest BCUT2D eigenvalue weighted by Crippen LogP contribution is 2.58. The van der Waals surface area contributed by atoms with Crippen LogP contribution in [0.4, 0.5) is 0 Å². The monoisotopic (exact) mass is 356 g/mol. The van der Waals surface area contributed by atoms with E-state index in [1.807, 2.05) is 23.9 Å². The molecule has 1 aromatic carbocycles. The molecule has 0 saturated carbocycles. The van der Waals surface area contributed by atoms with Crippen LogP contribution < -0.4 is 0 Å². The van der Waals surface area contributed by atoms with Crippen LogP contribution in [-0.2, 0) is 14.6 Å². The van der Waals surface area contributed by atoms with Crippen LogP contribution in [-0.4, -0.2) is 18.5 Å². The van der Waals surface area contributed by atoms with Gasteiger partial charge in [-0.15, -0.1) is 0 Å². The molecule has 110 valence electrons. The van der Waals surface area contributed by atoms with Gasteiger partial charge in [-0.3, -0.25) is 0 Å². The van der Waals surface area contributed by atoms with Crippen molar-refractivity contribution >= 4 is 27.7 Å². The Bertz CT molecular complexity index is 478. The molecular formula is C16H21BrO2S. The topological polar surface area (TPSA) is 18.5 Å². The number of ether oxygens (including phenoxy) is 2. The number of halogens is 1. The van der Waals surface area contributed by atoms with Gasteiger partial charge in [0.25, 0.3) is 0 Å². The van der Waals surface area contributed by atoms with Crippen molar-refractivity contribution in [1.82, 2.24) is 0 Å². The summed E-state index contributed by atoms with van der Waals surface area (Å²) in [5.41, 5.74) is 1.28. The second-order valence-electron chi connectivity index (χ2n) is 6.36. The van der Waals surface area contributed by atoms with Gasteiger partial charge < -0.3 is 9.47 Å². The molecule has 0 N–H and O–H groups in total. The number of hydrogen-bond acceptors (Lipinski definition) is 3. The average molecular weight is 357 g/mol. The zero-order valence-electron chi connectivity index (χ0n) is 12.2. The fourth-order valence-electron chi connectivity index (χ4n) is 3.21. The summed E-state index contributed by atoms with van der Waals surface area (Å²) in [5, 5.41) is -0.0465. The van der Waals surface area contributed by atoms with Crippen LogP contribution in [0.2, 0.25) is 0 Å². The maximum absolute atomic E-state index is 6.19. The van der Waals surface area contributed by atoms with Gasteiger partial charge in [-0.1, -0.05) is 60.6 Å². The van der Waals surface area contributed by atoms with E-state index in [0.717, 1.165) is 29.7 Å². The average Bonchev–Trinajstić information content (AvgIpc) is 2.41. The summed E-state index contributed by atoms with van der Waals surface area (Å²) in [6, 6.07) is 8.27. The molecule has 0 aromatic heterocycles. The molecule has 4 rings (SSSR count). The number of fused-ring (bicyclic) bond motifs is 3. The molecule has 2 bridgehead atoms. The maximum atomic E-state index is 6.19. The first-order chi connectivity index (χ1) is 9.46. The summed E-state index contributed by atoms with van der Waals surface area (Å²) in [6.45, 7) is 8.48. The largest absolute Gasteiger partial charge is 0.337 e. The van der Waals surface area contributed by atoms with Crippen molar-refractivity contribution < 1.29 is 9.47 Å². The third-order valence-electron chi connectivity index (χ3n) is 4.31. The minimum absolute atomic E-state index is 0.177. The van der Waals surface area contributed by atoms with E-state index in [1.54, 1.807) is 0 Å². The fourth-order valence-corrected chi connectivity index (χ4v) is 4.95. The fraction of sp³-hybridized carbons (Fsp3) is 0.625. The number of benzene rings is 1. The van der Waals surface area contributed by atoms with E-state index in [-0.39, 0.29) is 5.41 Å². The van der Waals surface area contributed by atoms with Gasteiger partial charge in [0.15, 0.2) is 0 Å². The van der Waals surface area contributed by atoms with Gasteiger partial charge in [-0.2, -0.15) is 0 Å². The van der Waals surface area contributed by atoms with Crippen molar-refractivity contribution in [2.75, 3.05) is 13.2 Å². The van der Waals surface area contributed by atoms with Crippen molar-refractivity contribution in [1.29, 1.82) is 0 Å². The summed E-state index contributed by atoms with van der Waals surface area (Å²) in [4.78, 5) is 0. The van der Waals surface area contributed by atoms with Crippen LogP contribution in [0.3, 0.4) is 0 Å². The summed E-state index contributed by atoms with van der Waals surface area (Å²) in [7, 11) is 0. The predicted molar refractivity (Wildman–Crippen MR) is 86.7 cm³/mol. The zero-order chi connectivity index (χ0) is 14.4. The van der Waals surface area contributed by atoms with Gasteiger partial charge in [0.05, 0.1) is 13.2 Å². The third kappa shape index (κ3) is 2.45. The molecule has 3 fully saturated rings. The SMILES string of the molecule is CC(C)CC12COC(c3ccc(Br)cc3)(OC1)SC2C. The number of rotatable bonds is 3. The lowest BCUT2D eigenvalue weighted by atomic mass is 9.78. The van der Waals surface area contributed by atoms with Gasteiger partial charge in [0.1, 0.15) is 0 Å². The molecule has 3 saturated heterocycles. The molecule has 3 aliphatic rings. The summed E-state index contributed by atoms with van der Waals surface area (Å²) < 4.78 is 13.5. The highest BCUT2D eigenvalue weighted by atomic mass is 79.9. The van der Waals surface area contributed by atoms with Gasteiger partial charge in [-0.25, -0.2) is 0 Å². The molecular weight excluding hydrogens is 336 g/mol. The van der Waals surface area contributed by atoms with E-state index in [4.69, 9.17) is 9.47 Å². The third-order valence-corrected chi connectivity index (χ3v) is 6.47. The normalized spacial score (nSPS) is 36.5. The lowest BCUT2D eigenvalue weighted by Crippen LogP contribution is -2.57. The molecule has 1 atom stereocenters. The molecule has 3 heterocycles. The molecule has 2 nitrogen and oxygen atoms in total. The molecule has 0 radical (unpaired) electrons. The molecule has 4 heteroatoms. The minimum atomic E-state index is -0.598. The second-order valence-corrected chi connectivity index (χ2v) is 8.76. The van der Waals surface area contributed by atoms with Crippen LogP contribution in [0.5, 0.6) is 0 Å². The molecule has 1 unspecified atom stereocenters. The zero-order valence-corrected chi connectivity index (χ0v) is 14.6. The summed E-state index contributed by atoms with van der Waals surface area (Å²) in [5.74, 6) is 0.670. The van der Waals surface area contributed by atoms with Crippen molar-refractivity contribution in [2.45, 2.75) is 37.6 Å². The van der Waals surface area contributed by atoms with Crippen molar-refractivity contribution in [3.63, 3.8) is 0 Å². The van der Waals surface area contributed by atoms with E-state index < -0.39 is 5.12 Å². The second kappa shape index (κ2) is 5.31. The molecule has 0 spiro atoms. The van der Waals surface area contributed by atoms with E-state index in [9.17, 15) is 0 Å². The number of hydrogen-bond donors (Lipinski definition) is 0. The Morgan fingerprint density at radius 2 is 1.85 bits per heavy atom. The van der Waals surface area contributed by atoms with Crippen molar-refractivity contribution in [3.05, 3.63) is 34.3 Å². The van der Waals surface area contributed by atoms with Crippen LogP contribution in [0, 0.1) is 11.3 Å². The Morgan fingerprint density at radius 1 is 1.25 bits per heavy atom. The van der Waals surface area contributed by atoms with Crippen LogP contribution in [0.25, 0.3) is 0 Å². The Balaban J connectivity index is 1.85. The standard InChI is InChI=1S/C16H21BrO2S/c1-11(2)8-15-9-18-16(19-10-15,20-12(15)3)13-4-6-14(17)7-5-13/h4-7,11-12H,8-10H2,1-3H3. The lowest BCUT2D eigenvalue weighted by Gasteiger charge is -2.56. The first-order valence-electron chi connectivity index (χ1n) is 7.18. The predicted octanol–water partition coefficient (Wildman–Crippen LogP) is 4.77. The highest BCUT2D eigenvalue weighted by molar-refractivity contribution is 9.10. The van der Waals surface area contributed by atoms with Crippen LogP contribution >= 0.6 is 27.7 Å². The van der Waals surface area contributed by atoms with Crippen molar-refractivity contribution in [3.8, 4) is 0 Å². The Kier molecular flexibility index (Phi) is 3.95. The molecule has 3 aliphatic heterocycles. The quantitative estimate of drug-likeness (QED) is 0.776.